The first-order chi connectivity index (χ1) is 14.0. The van der Waals surface area contributed by atoms with Crippen LogP contribution in [0.3, 0.4) is 0 Å². The van der Waals surface area contributed by atoms with Crippen LogP contribution in [0.25, 0.3) is 0 Å². The maximum Gasteiger partial charge on any atom is 0.243 e. The highest BCUT2D eigenvalue weighted by atomic mass is 32.2. The number of nitrogens with one attached hydrogen (secondary N) is 1. The van der Waals surface area contributed by atoms with E-state index in [4.69, 9.17) is 9.47 Å². The van der Waals surface area contributed by atoms with Gasteiger partial charge >= 0.3 is 0 Å². The first kappa shape index (κ1) is 22.1. The predicted octanol–water partition coefficient (Wildman–Crippen LogP) is 2.75. The molecule has 0 fully saturated rings. The van der Waals surface area contributed by atoms with Crippen molar-refractivity contribution < 1.29 is 22.7 Å². The smallest absolute Gasteiger partial charge is 0.243 e. The first-order valence-electron chi connectivity index (χ1n) is 9.71. The molecule has 1 amide bonds. The first-order valence-corrected chi connectivity index (χ1v) is 11.1. The Morgan fingerprint density at radius 2 is 1.77 bits per heavy atom. The summed E-state index contributed by atoms with van der Waals surface area (Å²) >= 11 is 0. The van der Waals surface area contributed by atoms with Gasteiger partial charge in [-0.2, -0.15) is 4.31 Å². The minimum absolute atomic E-state index is 0.182. The molecule has 2 aromatic rings. The second kappa shape index (κ2) is 8.28. The van der Waals surface area contributed by atoms with E-state index in [1.807, 2.05) is 45.9 Å². The SMILES string of the molecule is Cc1ccc(S(=O)(=O)N(C)CC(=O)NCC(C)(C)c2ccc3c(c2)OCO3)cc1C. The lowest BCUT2D eigenvalue weighted by atomic mass is 9.84. The van der Waals surface area contributed by atoms with E-state index in [1.165, 1.54) is 7.05 Å². The molecular formula is C22H28N2O5S. The maximum atomic E-state index is 12.8. The van der Waals surface area contributed by atoms with Crippen molar-refractivity contribution in [3.8, 4) is 11.5 Å². The number of hydrogen-bond donors (Lipinski definition) is 1. The van der Waals surface area contributed by atoms with Crippen molar-refractivity contribution in [2.75, 3.05) is 26.9 Å². The van der Waals surface area contributed by atoms with Gasteiger partial charge in [-0.1, -0.05) is 26.0 Å². The van der Waals surface area contributed by atoms with E-state index in [9.17, 15) is 13.2 Å². The van der Waals surface area contributed by atoms with Crippen LogP contribution in [0, 0.1) is 13.8 Å². The summed E-state index contributed by atoms with van der Waals surface area (Å²) in [5, 5.41) is 2.85. The maximum absolute atomic E-state index is 12.8. The summed E-state index contributed by atoms with van der Waals surface area (Å²) in [6, 6.07) is 10.7. The molecule has 0 atom stereocenters. The lowest BCUT2D eigenvalue weighted by Gasteiger charge is -2.26. The minimum atomic E-state index is -3.74. The predicted molar refractivity (Wildman–Crippen MR) is 114 cm³/mol. The van der Waals surface area contributed by atoms with Gasteiger partial charge < -0.3 is 14.8 Å². The Hall–Kier alpha value is -2.58. The monoisotopic (exact) mass is 432 g/mol. The molecule has 0 saturated heterocycles. The van der Waals surface area contributed by atoms with Gasteiger partial charge in [-0.15, -0.1) is 0 Å². The number of carbonyl (C=O) groups is 1. The van der Waals surface area contributed by atoms with Gasteiger partial charge in [0.05, 0.1) is 11.4 Å². The zero-order valence-corrected chi connectivity index (χ0v) is 18.8. The van der Waals surface area contributed by atoms with E-state index in [2.05, 4.69) is 5.32 Å². The number of ether oxygens (including phenoxy) is 2. The van der Waals surface area contributed by atoms with E-state index in [0.717, 1.165) is 21.0 Å². The van der Waals surface area contributed by atoms with Gasteiger partial charge in [0.15, 0.2) is 11.5 Å². The summed E-state index contributed by atoms with van der Waals surface area (Å²) in [5.74, 6) is 1.03. The topological polar surface area (TPSA) is 84.9 Å². The highest BCUT2D eigenvalue weighted by Gasteiger charge is 2.27. The molecule has 0 aromatic heterocycles. The number of aryl methyl sites for hydroxylation is 2. The molecular weight excluding hydrogens is 404 g/mol. The third kappa shape index (κ3) is 4.60. The molecule has 3 rings (SSSR count). The van der Waals surface area contributed by atoms with E-state index < -0.39 is 10.0 Å². The Morgan fingerprint density at radius 3 is 2.47 bits per heavy atom. The number of hydrogen-bond acceptors (Lipinski definition) is 5. The number of carbonyl (C=O) groups excluding carboxylic acids is 1. The number of amides is 1. The zero-order chi connectivity index (χ0) is 22.1. The Bertz CT molecular complexity index is 1060. The van der Waals surface area contributed by atoms with Gasteiger partial charge in [-0.05, 0) is 54.8 Å². The molecule has 1 aliphatic rings. The summed E-state index contributed by atoms with van der Waals surface area (Å²) in [6.45, 7) is 8.08. The Labute approximate surface area is 178 Å². The highest BCUT2D eigenvalue weighted by molar-refractivity contribution is 7.89. The molecule has 30 heavy (non-hydrogen) atoms. The molecule has 1 heterocycles. The fraction of sp³-hybridized carbons (Fsp3) is 0.409. The molecule has 2 aromatic carbocycles. The number of rotatable bonds is 7. The largest absolute Gasteiger partial charge is 0.454 e. The quantitative estimate of drug-likeness (QED) is 0.727. The summed E-state index contributed by atoms with van der Waals surface area (Å²) in [7, 11) is -2.33. The van der Waals surface area contributed by atoms with Crippen LogP contribution >= 0.6 is 0 Å². The van der Waals surface area contributed by atoms with Gasteiger partial charge in [-0.25, -0.2) is 8.42 Å². The van der Waals surface area contributed by atoms with Crippen LogP contribution in [-0.2, 0) is 20.2 Å². The van der Waals surface area contributed by atoms with Gasteiger partial charge in [0.1, 0.15) is 0 Å². The average molecular weight is 433 g/mol. The van der Waals surface area contributed by atoms with Crippen LogP contribution in [0.2, 0.25) is 0 Å². The molecule has 8 heteroatoms. The second-order valence-corrected chi connectivity index (χ2v) is 10.3. The van der Waals surface area contributed by atoms with Crippen LogP contribution in [-0.4, -0.2) is 45.6 Å². The van der Waals surface area contributed by atoms with Crippen molar-refractivity contribution in [2.45, 2.75) is 38.0 Å². The number of benzene rings is 2. The fourth-order valence-corrected chi connectivity index (χ4v) is 4.35. The van der Waals surface area contributed by atoms with Crippen LogP contribution in [0.4, 0.5) is 0 Å². The van der Waals surface area contributed by atoms with Crippen LogP contribution in [0.15, 0.2) is 41.3 Å². The lowest BCUT2D eigenvalue weighted by molar-refractivity contribution is -0.121. The van der Waals surface area contributed by atoms with Gasteiger partial charge in [0, 0.05) is 19.0 Å². The number of likely N-dealkylation sites (N-methyl/N-ethyl adjacent to an activating group) is 1. The third-order valence-electron chi connectivity index (χ3n) is 5.43. The van der Waals surface area contributed by atoms with Crippen molar-refractivity contribution in [1.29, 1.82) is 0 Å². The Morgan fingerprint density at radius 1 is 1.07 bits per heavy atom. The van der Waals surface area contributed by atoms with Crippen LogP contribution < -0.4 is 14.8 Å². The van der Waals surface area contributed by atoms with Crippen molar-refractivity contribution in [3.63, 3.8) is 0 Å². The molecule has 1 N–H and O–H groups in total. The minimum Gasteiger partial charge on any atom is -0.454 e. The summed E-state index contributed by atoms with van der Waals surface area (Å²) in [6.07, 6.45) is 0. The van der Waals surface area contributed by atoms with Crippen LogP contribution in [0.5, 0.6) is 11.5 Å². The van der Waals surface area contributed by atoms with Gasteiger partial charge in [-0.3, -0.25) is 4.79 Å². The molecule has 162 valence electrons. The van der Waals surface area contributed by atoms with Crippen molar-refractivity contribution >= 4 is 15.9 Å². The zero-order valence-electron chi connectivity index (χ0n) is 18.0. The molecule has 0 unspecified atom stereocenters. The summed E-state index contributed by atoms with van der Waals surface area (Å²) in [4.78, 5) is 12.6. The van der Waals surface area contributed by atoms with Gasteiger partial charge in [0.25, 0.3) is 0 Å². The van der Waals surface area contributed by atoms with Gasteiger partial charge in [0.2, 0.25) is 22.7 Å². The number of nitrogens with zero attached hydrogens (tertiary/aromatic N) is 1. The lowest BCUT2D eigenvalue weighted by Crippen LogP contribution is -2.42. The Balaban J connectivity index is 1.62. The van der Waals surface area contributed by atoms with E-state index in [0.29, 0.717) is 18.0 Å². The van der Waals surface area contributed by atoms with E-state index >= 15 is 0 Å². The van der Waals surface area contributed by atoms with E-state index in [1.54, 1.807) is 18.2 Å². The van der Waals surface area contributed by atoms with Crippen molar-refractivity contribution in [3.05, 3.63) is 53.1 Å². The highest BCUT2D eigenvalue weighted by Crippen LogP contribution is 2.36. The molecule has 0 spiro atoms. The second-order valence-electron chi connectivity index (χ2n) is 8.24. The summed E-state index contributed by atoms with van der Waals surface area (Å²) in [5.41, 5.74) is 2.52. The fourth-order valence-electron chi connectivity index (χ4n) is 3.14. The summed E-state index contributed by atoms with van der Waals surface area (Å²) < 4.78 is 37.4. The molecule has 1 aliphatic heterocycles. The molecule has 0 bridgehead atoms. The van der Waals surface area contributed by atoms with Crippen molar-refractivity contribution in [2.24, 2.45) is 0 Å². The third-order valence-corrected chi connectivity index (χ3v) is 7.23. The molecule has 0 radical (unpaired) electrons. The van der Waals surface area contributed by atoms with E-state index in [-0.39, 0.29) is 29.6 Å². The number of fused-ring (bicyclic) bond motifs is 1. The van der Waals surface area contributed by atoms with Crippen molar-refractivity contribution in [1.82, 2.24) is 9.62 Å². The number of sulfonamides is 1. The Kier molecular flexibility index (Phi) is 6.10. The molecule has 7 nitrogen and oxygen atoms in total. The molecule has 0 saturated carbocycles. The average Bonchev–Trinajstić information content (AvgIpc) is 3.16. The normalized spacial score (nSPS) is 13.5. The molecule has 0 aliphatic carbocycles. The van der Waals surface area contributed by atoms with Crippen LogP contribution in [0.1, 0.15) is 30.5 Å². The standard InChI is InChI=1S/C22H28N2O5S/c1-15-6-8-18(10-16(15)2)30(26,27)24(5)12-21(25)23-13-22(3,4)17-7-9-19-20(11-17)29-14-28-19/h6-11H,12-14H2,1-5H3,(H,23,25).